The fourth-order valence-corrected chi connectivity index (χ4v) is 4.12. The van der Waals surface area contributed by atoms with E-state index in [4.69, 9.17) is 0 Å². The summed E-state index contributed by atoms with van der Waals surface area (Å²) in [6, 6.07) is 0. The van der Waals surface area contributed by atoms with Gasteiger partial charge in [0.15, 0.2) is 0 Å². The van der Waals surface area contributed by atoms with Crippen molar-refractivity contribution in [1.29, 1.82) is 0 Å². The van der Waals surface area contributed by atoms with Gasteiger partial charge in [-0.05, 0) is 24.2 Å². The SMILES string of the molecule is CCCCCCC(C)PC(C)CCCCCC.[Nd]. The maximum absolute atomic E-state index is 2.47. The van der Waals surface area contributed by atoms with Gasteiger partial charge in [-0.1, -0.05) is 79.1 Å². The van der Waals surface area contributed by atoms with E-state index in [1.54, 1.807) is 0 Å². The van der Waals surface area contributed by atoms with Crippen LogP contribution in [0.3, 0.4) is 0 Å². The van der Waals surface area contributed by atoms with Crippen molar-refractivity contribution in [1.82, 2.24) is 0 Å². The maximum Gasteiger partial charge on any atom is 0 e. The van der Waals surface area contributed by atoms with E-state index >= 15 is 0 Å². The normalized spacial score (nSPS) is 14.7. The summed E-state index contributed by atoms with van der Waals surface area (Å²) in [6.07, 6.45) is 14.4. The Hall–Kier alpha value is 1.78. The van der Waals surface area contributed by atoms with Crippen LogP contribution >= 0.6 is 8.58 Å². The first-order valence-corrected chi connectivity index (χ1v) is 9.12. The number of rotatable bonds is 12. The molecule has 0 bridgehead atoms. The first kappa shape index (κ1) is 22.1. The van der Waals surface area contributed by atoms with E-state index in [2.05, 4.69) is 27.7 Å². The van der Waals surface area contributed by atoms with E-state index in [0.717, 1.165) is 11.3 Å². The van der Waals surface area contributed by atoms with Crippen molar-refractivity contribution in [3.05, 3.63) is 0 Å². The molecule has 18 heavy (non-hydrogen) atoms. The molecule has 0 saturated carbocycles. The Morgan fingerprint density at radius 3 is 1.39 bits per heavy atom. The Morgan fingerprint density at radius 1 is 0.667 bits per heavy atom. The van der Waals surface area contributed by atoms with Crippen LogP contribution in [0.25, 0.3) is 0 Å². The summed E-state index contributed by atoms with van der Waals surface area (Å²) in [5, 5.41) is 0. The van der Waals surface area contributed by atoms with Gasteiger partial charge in [-0.2, -0.15) is 0 Å². The first-order valence-electron chi connectivity index (χ1n) is 7.96. The molecule has 0 spiro atoms. The average molecular weight is 403 g/mol. The molecule has 0 fully saturated rings. The maximum atomic E-state index is 2.47. The Labute approximate surface area is 151 Å². The Balaban J connectivity index is 0. The Bertz CT molecular complexity index is 134. The number of hydrogen-bond acceptors (Lipinski definition) is 0. The van der Waals surface area contributed by atoms with Gasteiger partial charge in [0.2, 0.25) is 0 Å². The van der Waals surface area contributed by atoms with Gasteiger partial charge in [-0.3, -0.25) is 0 Å². The van der Waals surface area contributed by atoms with Gasteiger partial charge >= 0.3 is 0 Å². The molecule has 0 rings (SSSR count). The molecular weight excluding hydrogens is 367 g/mol. The van der Waals surface area contributed by atoms with Gasteiger partial charge in [-0.25, -0.2) is 0 Å². The molecule has 0 aromatic heterocycles. The molecule has 0 nitrogen and oxygen atoms in total. The molecule has 2 unspecified atom stereocenters. The molecular formula is C16H35NdP. The number of unbranched alkanes of at least 4 members (excludes halogenated alkanes) is 6. The zero-order valence-corrected chi connectivity index (χ0v) is 17.4. The van der Waals surface area contributed by atoms with E-state index in [-0.39, 0.29) is 40.8 Å². The van der Waals surface area contributed by atoms with E-state index in [1.807, 2.05) is 0 Å². The topological polar surface area (TPSA) is 0 Å². The minimum absolute atomic E-state index is 0. The van der Waals surface area contributed by atoms with Gasteiger partial charge in [-0.15, -0.1) is 8.58 Å². The van der Waals surface area contributed by atoms with Gasteiger partial charge in [0, 0.05) is 40.8 Å². The monoisotopic (exact) mass is 400 g/mol. The Morgan fingerprint density at radius 2 is 1.06 bits per heavy atom. The zero-order chi connectivity index (χ0) is 12.9. The van der Waals surface area contributed by atoms with E-state index < -0.39 is 0 Å². The molecule has 0 N–H and O–H groups in total. The first-order chi connectivity index (χ1) is 8.20. The molecule has 0 heterocycles. The van der Waals surface area contributed by atoms with Crippen molar-refractivity contribution in [3.63, 3.8) is 0 Å². The molecule has 0 aromatic rings. The largest absolute Gasteiger partial charge is 0.116 e. The van der Waals surface area contributed by atoms with Gasteiger partial charge in [0.1, 0.15) is 0 Å². The zero-order valence-electron chi connectivity index (χ0n) is 13.2. The molecule has 0 aliphatic carbocycles. The van der Waals surface area contributed by atoms with Crippen LogP contribution in [-0.2, 0) is 0 Å². The van der Waals surface area contributed by atoms with Crippen LogP contribution in [0.15, 0.2) is 0 Å². The van der Waals surface area contributed by atoms with Crippen molar-refractivity contribution >= 4 is 8.58 Å². The van der Waals surface area contributed by atoms with E-state index in [9.17, 15) is 0 Å². The molecule has 0 amide bonds. The summed E-state index contributed by atoms with van der Waals surface area (Å²) in [4.78, 5) is 0. The van der Waals surface area contributed by atoms with Gasteiger partial charge in [0.05, 0.1) is 0 Å². The van der Waals surface area contributed by atoms with Crippen LogP contribution in [-0.4, -0.2) is 11.3 Å². The molecule has 0 aliphatic rings. The van der Waals surface area contributed by atoms with Crippen molar-refractivity contribution < 1.29 is 40.8 Å². The Kier molecular flexibility index (Phi) is 20.6. The van der Waals surface area contributed by atoms with Crippen molar-refractivity contribution in [2.45, 2.75) is 103 Å². The van der Waals surface area contributed by atoms with E-state index in [1.165, 1.54) is 72.8 Å². The van der Waals surface area contributed by atoms with Crippen LogP contribution in [0.2, 0.25) is 0 Å². The van der Waals surface area contributed by atoms with Crippen LogP contribution in [0.4, 0.5) is 0 Å². The second-order valence-corrected chi connectivity index (χ2v) is 7.97. The quantitative estimate of drug-likeness (QED) is 0.262. The molecule has 0 radical (unpaired) electrons. The van der Waals surface area contributed by atoms with E-state index in [0.29, 0.717) is 0 Å². The average Bonchev–Trinajstić information content (AvgIpc) is 2.30. The summed E-state index contributed by atoms with van der Waals surface area (Å²) >= 11 is 0. The summed E-state index contributed by atoms with van der Waals surface area (Å²) in [7, 11) is 1.20. The number of hydrogen-bond donors (Lipinski definition) is 0. The summed E-state index contributed by atoms with van der Waals surface area (Å²) in [5.74, 6) is 0. The standard InChI is InChI=1S/C16H35P.Nd/c1-5-7-9-11-13-15(3)17-16(4)14-12-10-8-6-2;/h15-17H,5-14H2,1-4H3;. The van der Waals surface area contributed by atoms with Crippen LogP contribution < -0.4 is 0 Å². The third-order valence-corrected chi connectivity index (χ3v) is 5.27. The van der Waals surface area contributed by atoms with Crippen molar-refractivity contribution in [2.75, 3.05) is 0 Å². The second kappa shape index (κ2) is 16.8. The third kappa shape index (κ3) is 15.8. The fraction of sp³-hybridized carbons (Fsp3) is 1.00. The minimum atomic E-state index is 0. The summed E-state index contributed by atoms with van der Waals surface area (Å²) < 4.78 is 0. The smallest absolute Gasteiger partial charge is 0 e. The molecule has 2 heteroatoms. The molecule has 2 atom stereocenters. The van der Waals surface area contributed by atoms with Crippen LogP contribution in [0, 0.1) is 40.8 Å². The van der Waals surface area contributed by atoms with Crippen molar-refractivity contribution in [3.8, 4) is 0 Å². The predicted molar refractivity (Wildman–Crippen MR) is 84.8 cm³/mol. The third-order valence-electron chi connectivity index (χ3n) is 3.55. The second-order valence-electron chi connectivity index (χ2n) is 5.67. The minimum Gasteiger partial charge on any atom is -0.116 e. The summed E-state index contributed by atoms with van der Waals surface area (Å²) in [5.41, 5.74) is 1.96. The molecule has 0 saturated heterocycles. The summed E-state index contributed by atoms with van der Waals surface area (Å²) in [6.45, 7) is 9.52. The van der Waals surface area contributed by atoms with Crippen molar-refractivity contribution in [2.24, 2.45) is 0 Å². The van der Waals surface area contributed by atoms with Crippen LogP contribution in [0.1, 0.15) is 91.9 Å². The molecule has 0 aromatic carbocycles. The van der Waals surface area contributed by atoms with Crippen LogP contribution in [0.5, 0.6) is 0 Å². The fourth-order valence-electron chi connectivity index (χ4n) is 2.41. The molecule has 108 valence electrons. The predicted octanol–water partition coefficient (Wildman–Crippen LogP) is 6.38. The van der Waals surface area contributed by atoms with Gasteiger partial charge in [0.25, 0.3) is 0 Å². The molecule has 0 aliphatic heterocycles. The van der Waals surface area contributed by atoms with Gasteiger partial charge < -0.3 is 0 Å².